The van der Waals surface area contributed by atoms with Gasteiger partial charge in [-0.3, -0.25) is 9.59 Å². The quantitative estimate of drug-likeness (QED) is 0.877. The Balaban J connectivity index is 1.80. The monoisotopic (exact) mass is 357 g/mol. The zero-order chi connectivity index (χ0) is 18.0. The maximum absolute atomic E-state index is 12.8. The molecule has 6 heteroatoms. The van der Waals surface area contributed by atoms with Crippen LogP contribution in [0, 0.1) is 6.92 Å². The minimum atomic E-state index is -0.223. The van der Waals surface area contributed by atoms with E-state index < -0.39 is 0 Å². The average molecular weight is 358 g/mol. The lowest BCUT2D eigenvalue weighted by Crippen LogP contribution is -2.42. The smallest absolute Gasteiger partial charge is 0.246 e. The highest BCUT2D eigenvalue weighted by molar-refractivity contribution is 6.31. The Morgan fingerprint density at radius 1 is 1.32 bits per heavy atom. The molecule has 1 heterocycles. The number of carbonyl (C=O) groups is 2. The Hall–Kier alpha value is -2.53. The van der Waals surface area contributed by atoms with Crippen molar-refractivity contribution in [3.8, 4) is 0 Å². The molecule has 0 saturated heterocycles. The van der Waals surface area contributed by atoms with E-state index in [9.17, 15) is 9.59 Å². The molecule has 1 aliphatic rings. The number of para-hydroxylation sites is 2. The maximum Gasteiger partial charge on any atom is 0.246 e. The number of carbonyl (C=O) groups excluding carboxylic acids is 2. The third kappa shape index (κ3) is 3.77. The van der Waals surface area contributed by atoms with Crippen LogP contribution >= 0.6 is 11.6 Å². The van der Waals surface area contributed by atoms with Gasteiger partial charge in [0, 0.05) is 23.2 Å². The number of anilines is 3. The largest absolute Gasteiger partial charge is 0.376 e. The standard InChI is InChI=1S/C19H20ClN3O2/c1-12-7-8-14(10-15(12)20)21-11-19(25)23-13(2)9-18(24)22-16-5-3-4-6-17(16)23/h3-8,10,13,21H,9,11H2,1-2H3,(H,22,24). The molecule has 0 fully saturated rings. The molecule has 1 atom stereocenters. The van der Waals surface area contributed by atoms with E-state index in [4.69, 9.17) is 11.6 Å². The Kier molecular flexibility index (Phi) is 4.95. The summed E-state index contributed by atoms with van der Waals surface area (Å²) in [5, 5.41) is 6.62. The summed E-state index contributed by atoms with van der Waals surface area (Å²) in [6.07, 6.45) is 0.261. The summed E-state index contributed by atoms with van der Waals surface area (Å²) in [5.41, 5.74) is 3.14. The minimum Gasteiger partial charge on any atom is -0.376 e. The van der Waals surface area contributed by atoms with Crippen LogP contribution in [0.15, 0.2) is 42.5 Å². The predicted octanol–water partition coefficient (Wildman–Crippen LogP) is 3.82. The third-order valence-corrected chi connectivity index (χ3v) is 4.65. The Labute approximate surface area is 152 Å². The number of benzene rings is 2. The van der Waals surface area contributed by atoms with Crippen molar-refractivity contribution in [2.45, 2.75) is 26.3 Å². The van der Waals surface area contributed by atoms with Gasteiger partial charge in [0.25, 0.3) is 0 Å². The molecule has 0 radical (unpaired) electrons. The van der Waals surface area contributed by atoms with Crippen molar-refractivity contribution in [3.63, 3.8) is 0 Å². The summed E-state index contributed by atoms with van der Waals surface area (Å²) in [5.74, 6) is -0.193. The first-order chi connectivity index (χ1) is 12.0. The first-order valence-electron chi connectivity index (χ1n) is 8.16. The van der Waals surface area contributed by atoms with Crippen LogP contribution in [0.4, 0.5) is 17.1 Å². The average Bonchev–Trinajstić information content (AvgIpc) is 2.70. The number of aryl methyl sites for hydroxylation is 1. The molecule has 0 bridgehead atoms. The molecule has 5 nitrogen and oxygen atoms in total. The van der Waals surface area contributed by atoms with Gasteiger partial charge in [-0.15, -0.1) is 0 Å². The summed E-state index contributed by atoms with van der Waals surface area (Å²) < 4.78 is 0. The number of nitrogens with one attached hydrogen (secondary N) is 2. The van der Waals surface area contributed by atoms with Gasteiger partial charge >= 0.3 is 0 Å². The molecule has 0 saturated carbocycles. The molecule has 0 aliphatic carbocycles. The van der Waals surface area contributed by atoms with E-state index in [1.54, 1.807) is 17.0 Å². The van der Waals surface area contributed by atoms with E-state index in [0.717, 1.165) is 16.9 Å². The van der Waals surface area contributed by atoms with Crippen LogP contribution in [-0.2, 0) is 9.59 Å². The van der Waals surface area contributed by atoms with Gasteiger partial charge in [-0.25, -0.2) is 0 Å². The fourth-order valence-electron chi connectivity index (χ4n) is 2.93. The van der Waals surface area contributed by atoms with Crippen LogP contribution in [0.2, 0.25) is 5.02 Å². The lowest BCUT2D eigenvalue weighted by Gasteiger charge is -2.28. The highest BCUT2D eigenvalue weighted by atomic mass is 35.5. The lowest BCUT2D eigenvalue weighted by atomic mass is 10.1. The van der Waals surface area contributed by atoms with E-state index in [1.165, 1.54) is 0 Å². The fraction of sp³-hybridized carbons (Fsp3) is 0.263. The van der Waals surface area contributed by atoms with E-state index in [-0.39, 0.29) is 30.8 Å². The summed E-state index contributed by atoms with van der Waals surface area (Å²) >= 11 is 6.12. The third-order valence-electron chi connectivity index (χ3n) is 4.24. The Morgan fingerprint density at radius 3 is 2.84 bits per heavy atom. The van der Waals surface area contributed by atoms with Crippen LogP contribution in [0.25, 0.3) is 0 Å². The highest BCUT2D eigenvalue weighted by Gasteiger charge is 2.29. The molecule has 1 aliphatic heterocycles. The molecule has 130 valence electrons. The minimum absolute atomic E-state index is 0.0893. The van der Waals surface area contributed by atoms with E-state index in [2.05, 4.69) is 10.6 Å². The Bertz CT molecular complexity index is 822. The summed E-state index contributed by atoms with van der Waals surface area (Å²) in [7, 11) is 0. The zero-order valence-electron chi connectivity index (χ0n) is 14.2. The molecule has 2 N–H and O–H groups in total. The van der Waals surface area contributed by atoms with Gasteiger partial charge in [0.2, 0.25) is 11.8 Å². The molecule has 2 aromatic rings. The van der Waals surface area contributed by atoms with Gasteiger partial charge in [-0.1, -0.05) is 29.8 Å². The van der Waals surface area contributed by atoms with Crippen molar-refractivity contribution in [1.82, 2.24) is 0 Å². The topological polar surface area (TPSA) is 61.4 Å². The van der Waals surface area contributed by atoms with Crippen LogP contribution in [0.5, 0.6) is 0 Å². The SMILES string of the molecule is Cc1ccc(NCC(=O)N2c3ccccc3NC(=O)CC2C)cc1Cl. The van der Waals surface area contributed by atoms with Gasteiger partial charge < -0.3 is 15.5 Å². The van der Waals surface area contributed by atoms with Crippen LogP contribution in [-0.4, -0.2) is 24.4 Å². The lowest BCUT2D eigenvalue weighted by molar-refractivity contribution is -0.118. The number of halogens is 1. The highest BCUT2D eigenvalue weighted by Crippen LogP contribution is 2.31. The number of rotatable bonds is 3. The summed E-state index contributed by atoms with van der Waals surface area (Å²) in [4.78, 5) is 26.5. The first kappa shape index (κ1) is 17.3. The van der Waals surface area contributed by atoms with E-state index in [1.807, 2.05) is 44.2 Å². The van der Waals surface area contributed by atoms with Crippen molar-refractivity contribution in [1.29, 1.82) is 0 Å². The normalized spacial score (nSPS) is 16.7. The zero-order valence-corrected chi connectivity index (χ0v) is 14.9. The molecule has 1 unspecified atom stereocenters. The molecular weight excluding hydrogens is 338 g/mol. The second kappa shape index (κ2) is 7.15. The predicted molar refractivity (Wildman–Crippen MR) is 101 cm³/mol. The van der Waals surface area contributed by atoms with Gasteiger partial charge in [0.15, 0.2) is 0 Å². The van der Waals surface area contributed by atoms with Crippen molar-refractivity contribution in [3.05, 3.63) is 53.1 Å². The van der Waals surface area contributed by atoms with Crippen LogP contribution in [0.1, 0.15) is 18.9 Å². The van der Waals surface area contributed by atoms with Gasteiger partial charge in [0.05, 0.1) is 17.9 Å². The number of nitrogens with zero attached hydrogens (tertiary/aromatic N) is 1. The molecule has 2 amide bonds. The summed E-state index contributed by atoms with van der Waals surface area (Å²) in [6.45, 7) is 3.92. The van der Waals surface area contributed by atoms with Gasteiger partial charge in [-0.05, 0) is 43.7 Å². The maximum atomic E-state index is 12.8. The number of fused-ring (bicyclic) bond motifs is 1. The second-order valence-electron chi connectivity index (χ2n) is 6.20. The van der Waals surface area contributed by atoms with Crippen LogP contribution < -0.4 is 15.5 Å². The molecular formula is C19H20ClN3O2. The first-order valence-corrected chi connectivity index (χ1v) is 8.54. The van der Waals surface area contributed by atoms with Gasteiger partial charge in [-0.2, -0.15) is 0 Å². The molecule has 3 rings (SSSR count). The van der Waals surface area contributed by atoms with E-state index >= 15 is 0 Å². The molecule has 0 spiro atoms. The number of hydrogen-bond acceptors (Lipinski definition) is 3. The van der Waals surface area contributed by atoms with Gasteiger partial charge in [0.1, 0.15) is 0 Å². The van der Waals surface area contributed by atoms with Crippen molar-refractivity contribution in [2.75, 3.05) is 22.1 Å². The van der Waals surface area contributed by atoms with Crippen molar-refractivity contribution in [2.24, 2.45) is 0 Å². The number of hydrogen-bond donors (Lipinski definition) is 2. The van der Waals surface area contributed by atoms with Crippen molar-refractivity contribution < 1.29 is 9.59 Å². The second-order valence-corrected chi connectivity index (χ2v) is 6.61. The summed E-state index contributed by atoms with van der Waals surface area (Å²) in [6, 6.07) is 12.7. The molecule has 2 aromatic carbocycles. The van der Waals surface area contributed by atoms with Crippen LogP contribution in [0.3, 0.4) is 0 Å². The Morgan fingerprint density at radius 2 is 2.08 bits per heavy atom. The number of amides is 2. The molecule has 0 aromatic heterocycles. The molecule has 25 heavy (non-hydrogen) atoms. The van der Waals surface area contributed by atoms with E-state index in [0.29, 0.717) is 10.7 Å². The fourth-order valence-corrected chi connectivity index (χ4v) is 3.11. The van der Waals surface area contributed by atoms with Crippen molar-refractivity contribution >= 4 is 40.5 Å².